The number of nitrogens with one attached hydrogen (secondary N) is 1. The van der Waals surface area contributed by atoms with Crippen LogP contribution in [-0.4, -0.2) is 20.9 Å². The topological polar surface area (TPSA) is 42.2 Å². The Morgan fingerprint density at radius 3 is 3.10 bits per heavy atom. The monoisotopic (exact) mass is 300 g/mol. The van der Waals surface area contributed by atoms with Gasteiger partial charge >= 0.3 is 0 Å². The first kappa shape index (κ1) is 14.2. The number of aromatic nitrogens is 3. The molecule has 1 N–H and O–H groups in total. The van der Waals surface area contributed by atoms with E-state index in [-0.39, 0.29) is 6.04 Å². The van der Waals surface area contributed by atoms with Crippen LogP contribution in [0.3, 0.4) is 0 Å². The lowest BCUT2D eigenvalue weighted by atomic mass is 10.1. The second-order valence-corrected chi connectivity index (χ2v) is 6.17. The van der Waals surface area contributed by atoms with Crippen molar-refractivity contribution in [3.63, 3.8) is 0 Å². The fourth-order valence-electron chi connectivity index (χ4n) is 2.43. The van der Waals surface area contributed by atoms with E-state index < -0.39 is 0 Å². The first-order chi connectivity index (χ1) is 10.3. The maximum Gasteiger partial charge on any atom is 0.193 e. The number of fused-ring (bicyclic) bond motifs is 1. The molecule has 0 saturated heterocycles. The molecule has 0 aliphatic heterocycles. The van der Waals surface area contributed by atoms with Crippen molar-refractivity contribution < 1.29 is 0 Å². The normalized spacial score (nSPS) is 12.9. The average molecular weight is 300 g/mol. The molecule has 0 aliphatic rings. The fraction of sp³-hybridized carbons (Fsp3) is 0.375. The van der Waals surface area contributed by atoms with Crippen LogP contribution in [0.15, 0.2) is 36.1 Å². The Kier molecular flexibility index (Phi) is 4.31. The molecule has 0 bridgehead atoms. The predicted octanol–water partition coefficient (Wildman–Crippen LogP) is 3.38. The van der Waals surface area contributed by atoms with Crippen molar-refractivity contribution in [2.45, 2.75) is 32.7 Å². The van der Waals surface area contributed by atoms with E-state index in [4.69, 9.17) is 0 Å². The molecule has 0 spiro atoms. The van der Waals surface area contributed by atoms with Crippen LogP contribution in [0.25, 0.3) is 4.96 Å². The third-order valence-electron chi connectivity index (χ3n) is 3.49. The number of aryl methyl sites for hydroxylation is 1. The first-order valence-corrected chi connectivity index (χ1v) is 8.21. The maximum absolute atomic E-state index is 4.68. The number of nitrogens with zero attached hydrogens (tertiary/aromatic N) is 3. The summed E-state index contributed by atoms with van der Waals surface area (Å²) >= 11 is 1.67. The number of pyridine rings is 1. The molecule has 4 nitrogen and oxygen atoms in total. The molecule has 1 atom stereocenters. The summed E-state index contributed by atoms with van der Waals surface area (Å²) in [6, 6.07) is 4.41. The lowest BCUT2D eigenvalue weighted by Crippen LogP contribution is -2.25. The van der Waals surface area contributed by atoms with Gasteiger partial charge in [0.2, 0.25) is 0 Å². The van der Waals surface area contributed by atoms with Gasteiger partial charge in [-0.15, -0.1) is 11.3 Å². The van der Waals surface area contributed by atoms with Crippen molar-refractivity contribution in [3.8, 4) is 0 Å². The molecule has 3 aromatic heterocycles. The Hall–Kier alpha value is -1.72. The summed E-state index contributed by atoms with van der Waals surface area (Å²) in [6.07, 6.45) is 8.03. The molecule has 0 aromatic carbocycles. The highest BCUT2D eigenvalue weighted by atomic mass is 32.1. The van der Waals surface area contributed by atoms with Gasteiger partial charge in [0, 0.05) is 30.4 Å². The van der Waals surface area contributed by atoms with Gasteiger partial charge in [-0.25, -0.2) is 4.98 Å². The highest BCUT2D eigenvalue weighted by molar-refractivity contribution is 7.15. The highest BCUT2D eigenvalue weighted by Crippen LogP contribution is 2.19. The molecule has 0 radical (unpaired) electrons. The second kappa shape index (κ2) is 6.37. The van der Waals surface area contributed by atoms with Gasteiger partial charge in [-0.3, -0.25) is 9.38 Å². The quantitative estimate of drug-likeness (QED) is 0.759. The van der Waals surface area contributed by atoms with Crippen LogP contribution in [0.2, 0.25) is 0 Å². The van der Waals surface area contributed by atoms with E-state index in [2.05, 4.69) is 57.4 Å². The van der Waals surface area contributed by atoms with E-state index >= 15 is 0 Å². The lowest BCUT2D eigenvalue weighted by Gasteiger charge is -2.17. The summed E-state index contributed by atoms with van der Waals surface area (Å²) < 4.78 is 2.08. The number of rotatable bonds is 6. The zero-order chi connectivity index (χ0) is 14.7. The minimum Gasteiger partial charge on any atom is -0.308 e. The number of thiazole rings is 1. The molecule has 0 fully saturated rings. The maximum atomic E-state index is 4.68. The third-order valence-corrected chi connectivity index (χ3v) is 4.26. The van der Waals surface area contributed by atoms with Gasteiger partial charge in [-0.05, 0) is 37.6 Å². The molecule has 3 aromatic rings. The summed E-state index contributed by atoms with van der Waals surface area (Å²) in [5, 5.41) is 5.65. The van der Waals surface area contributed by atoms with Crippen LogP contribution in [0, 0.1) is 6.92 Å². The summed E-state index contributed by atoms with van der Waals surface area (Å²) in [5.41, 5.74) is 3.45. The van der Waals surface area contributed by atoms with Crippen LogP contribution in [0.5, 0.6) is 0 Å². The van der Waals surface area contributed by atoms with Gasteiger partial charge in [0.05, 0.1) is 17.4 Å². The number of hydrogen-bond acceptors (Lipinski definition) is 4. The lowest BCUT2D eigenvalue weighted by molar-refractivity contribution is 0.514. The zero-order valence-corrected chi connectivity index (χ0v) is 13.2. The van der Waals surface area contributed by atoms with Gasteiger partial charge < -0.3 is 5.32 Å². The first-order valence-electron chi connectivity index (χ1n) is 7.33. The van der Waals surface area contributed by atoms with Gasteiger partial charge in [-0.2, -0.15) is 0 Å². The highest BCUT2D eigenvalue weighted by Gasteiger charge is 2.15. The SMILES string of the molecule is CCCNC(Cc1cn2ccsc2n1)c1cc(C)ccn1. The van der Waals surface area contributed by atoms with Crippen LogP contribution >= 0.6 is 11.3 Å². The van der Waals surface area contributed by atoms with Gasteiger partial charge in [0.1, 0.15) is 0 Å². The summed E-state index contributed by atoms with van der Waals surface area (Å²) in [6.45, 7) is 5.28. The molecule has 5 heteroatoms. The Balaban J connectivity index is 1.83. The minimum atomic E-state index is 0.217. The minimum absolute atomic E-state index is 0.217. The Morgan fingerprint density at radius 1 is 1.43 bits per heavy atom. The molecule has 1 unspecified atom stereocenters. The van der Waals surface area contributed by atoms with E-state index in [1.807, 2.05) is 12.3 Å². The van der Waals surface area contributed by atoms with E-state index in [1.54, 1.807) is 11.3 Å². The molecule has 21 heavy (non-hydrogen) atoms. The summed E-state index contributed by atoms with van der Waals surface area (Å²) in [7, 11) is 0. The smallest absolute Gasteiger partial charge is 0.193 e. The van der Waals surface area contributed by atoms with Crippen LogP contribution < -0.4 is 5.32 Å². The van der Waals surface area contributed by atoms with Crippen molar-refractivity contribution in [3.05, 3.63) is 53.1 Å². The van der Waals surface area contributed by atoms with Crippen molar-refractivity contribution in [1.29, 1.82) is 0 Å². The number of hydrogen-bond donors (Lipinski definition) is 1. The molecular weight excluding hydrogens is 280 g/mol. The molecule has 0 amide bonds. The number of imidazole rings is 1. The van der Waals surface area contributed by atoms with E-state index in [0.29, 0.717) is 0 Å². The van der Waals surface area contributed by atoms with Crippen molar-refractivity contribution in [2.24, 2.45) is 0 Å². The zero-order valence-electron chi connectivity index (χ0n) is 12.4. The van der Waals surface area contributed by atoms with Crippen molar-refractivity contribution in [1.82, 2.24) is 19.7 Å². The third kappa shape index (κ3) is 3.31. The van der Waals surface area contributed by atoms with Crippen LogP contribution in [0.1, 0.15) is 36.3 Å². The van der Waals surface area contributed by atoms with E-state index in [0.717, 1.165) is 35.7 Å². The molecule has 0 saturated carbocycles. The van der Waals surface area contributed by atoms with Crippen LogP contribution in [-0.2, 0) is 6.42 Å². The molecule has 3 rings (SSSR count). The van der Waals surface area contributed by atoms with Crippen molar-refractivity contribution in [2.75, 3.05) is 6.54 Å². The largest absolute Gasteiger partial charge is 0.308 e. The van der Waals surface area contributed by atoms with Gasteiger partial charge in [0.25, 0.3) is 0 Å². The summed E-state index contributed by atoms with van der Waals surface area (Å²) in [4.78, 5) is 10.3. The average Bonchev–Trinajstić information content (AvgIpc) is 3.04. The van der Waals surface area contributed by atoms with Crippen molar-refractivity contribution >= 4 is 16.3 Å². The fourth-order valence-corrected chi connectivity index (χ4v) is 3.15. The second-order valence-electron chi connectivity index (χ2n) is 5.29. The summed E-state index contributed by atoms with van der Waals surface area (Å²) in [5.74, 6) is 0. The van der Waals surface area contributed by atoms with Gasteiger partial charge in [0.15, 0.2) is 4.96 Å². The predicted molar refractivity (Wildman–Crippen MR) is 86.8 cm³/mol. The molecule has 110 valence electrons. The Morgan fingerprint density at radius 2 is 2.33 bits per heavy atom. The molecule has 3 heterocycles. The Bertz CT molecular complexity index is 687. The molecular formula is C16H20N4S. The van der Waals surface area contributed by atoms with Gasteiger partial charge in [-0.1, -0.05) is 6.92 Å². The van der Waals surface area contributed by atoms with Crippen LogP contribution in [0.4, 0.5) is 0 Å². The Labute approximate surface area is 128 Å². The van der Waals surface area contributed by atoms with E-state index in [1.165, 1.54) is 5.56 Å². The molecule has 0 aliphatic carbocycles. The van der Waals surface area contributed by atoms with E-state index in [9.17, 15) is 0 Å². The standard InChI is InChI=1S/C16H20N4S/c1-3-5-17-15(14-9-12(2)4-6-18-14)10-13-11-20-7-8-21-16(20)19-13/h4,6-9,11,15,17H,3,5,10H2,1-2H3.